The van der Waals surface area contributed by atoms with Crippen molar-refractivity contribution in [3.05, 3.63) is 74.6 Å². The number of methoxy groups -OCH3 is 2. The van der Waals surface area contributed by atoms with Crippen molar-refractivity contribution in [1.29, 1.82) is 0 Å². The van der Waals surface area contributed by atoms with Crippen LogP contribution in [0.1, 0.15) is 34.1 Å². The van der Waals surface area contributed by atoms with Gasteiger partial charge >= 0.3 is 0 Å². The lowest BCUT2D eigenvalue weighted by Gasteiger charge is -2.25. The summed E-state index contributed by atoms with van der Waals surface area (Å²) in [4.78, 5) is 28.2. The van der Waals surface area contributed by atoms with Crippen LogP contribution >= 0.6 is 11.6 Å². The molecule has 1 amide bonds. The predicted molar refractivity (Wildman–Crippen MR) is 110 cm³/mol. The average molecular weight is 414 g/mol. The van der Waals surface area contributed by atoms with E-state index in [4.69, 9.17) is 25.5 Å². The standard InChI is InChI=1S/C22H20ClNO5/c1-27-11-3-10-24-19(13-4-7-15(28-2)8-5-13)18-20(25)16-12-14(23)6-9-17(16)29-21(18)22(24)26/h4-9,12,19H,3,10-11H2,1-2H3. The molecule has 1 aliphatic rings. The van der Waals surface area contributed by atoms with Gasteiger partial charge in [0.05, 0.1) is 24.1 Å². The van der Waals surface area contributed by atoms with E-state index in [2.05, 4.69) is 0 Å². The van der Waals surface area contributed by atoms with Gasteiger partial charge in [-0.25, -0.2) is 0 Å². The number of hydrogen-bond acceptors (Lipinski definition) is 5. The maximum absolute atomic E-state index is 13.4. The fourth-order valence-corrected chi connectivity index (χ4v) is 3.91. The Morgan fingerprint density at radius 3 is 2.55 bits per heavy atom. The molecular weight excluding hydrogens is 394 g/mol. The number of benzene rings is 2. The van der Waals surface area contributed by atoms with Gasteiger partial charge in [0.2, 0.25) is 5.76 Å². The van der Waals surface area contributed by atoms with Crippen LogP contribution < -0.4 is 10.2 Å². The van der Waals surface area contributed by atoms with Gasteiger partial charge in [0, 0.05) is 25.3 Å². The molecule has 2 heterocycles. The van der Waals surface area contributed by atoms with E-state index in [-0.39, 0.29) is 17.1 Å². The van der Waals surface area contributed by atoms with Crippen LogP contribution in [0.2, 0.25) is 5.02 Å². The molecule has 7 heteroatoms. The van der Waals surface area contributed by atoms with Crippen molar-refractivity contribution in [3.63, 3.8) is 0 Å². The smallest absolute Gasteiger partial charge is 0.290 e. The Hall–Kier alpha value is -2.83. The molecule has 3 aromatic rings. The summed E-state index contributed by atoms with van der Waals surface area (Å²) in [6.07, 6.45) is 0.641. The van der Waals surface area contributed by atoms with Gasteiger partial charge < -0.3 is 18.8 Å². The zero-order valence-electron chi connectivity index (χ0n) is 16.1. The molecule has 1 unspecified atom stereocenters. The summed E-state index contributed by atoms with van der Waals surface area (Å²) in [5.41, 5.74) is 1.25. The van der Waals surface area contributed by atoms with Gasteiger partial charge in [0.25, 0.3) is 5.91 Å². The molecule has 29 heavy (non-hydrogen) atoms. The molecule has 0 saturated heterocycles. The molecule has 1 aliphatic heterocycles. The van der Waals surface area contributed by atoms with E-state index in [0.29, 0.717) is 46.9 Å². The maximum Gasteiger partial charge on any atom is 0.290 e. The van der Waals surface area contributed by atoms with Gasteiger partial charge in [-0.05, 0) is 42.3 Å². The fourth-order valence-electron chi connectivity index (χ4n) is 3.74. The van der Waals surface area contributed by atoms with Crippen molar-refractivity contribution in [2.45, 2.75) is 12.5 Å². The Labute approximate surface area is 172 Å². The van der Waals surface area contributed by atoms with E-state index >= 15 is 0 Å². The van der Waals surface area contributed by atoms with E-state index < -0.39 is 6.04 Å². The van der Waals surface area contributed by atoms with Crippen LogP contribution in [0.25, 0.3) is 11.0 Å². The first-order valence-electron chi connectivity index (χ1n) is 9.25. The van der Waals surface area contributed by atoms with Crippen LogP contribution in [-0.2, 0) is 4.74 Å². The summed E-state index contributed by atoms with van der Waals surface area (Å²) in [5.74, 6) is 0.482. The second-order valence-corrected chi connectivity index (χ2v) is 7.27. The van der Waals surface area contributed by atoms with E-state index in [1.807, 2.05) is 24.3 Å². The average Bonchev–Trinajstić information content (AvgIpc) is 3.01. The highest BCUT2D eigenvalue weighted by Crippen LogP contribution is 2.38. The monoisotopic (exact) mass is 413 g/mol. The van der Waals surface area contributed by atoms with Gasteiger partial charge in [-0.3, -0.25) is 9.59 Å². The fraction of sp³-hybridized carbons (Fsp3) is 0.273. The van der Waals surface area contributed by atoms with Crippen molar-refractivity contribution in [2.24, 2.45) is 0 Å². The van der Waals surface area contributed by atoms with Crippen LogP contribution in [0.5, 0.6) is 5.75 Å². The van der Waals surface area contributed by atoms with Crippen molar-refractivity contribution >= 4 is 28.5 Å². The summed E-state index contributed by atoms with van der Waals surface area (Å²) in [6.45, 7) is 0.943. The van der Waals surface area contributed by atoms with Gasteiger partial charge in [-0.2, -0.15) is 0 Å². The number of amides is 1. The van der Waals surface area contributed by atoms with E-state index in [9.17, 15) is 9.59 Å². The highest BCUT2D eigenvalue weighted by atomic mass is 35.5. The molecule has 0 aliphatic carbocycles. The lowest BCUT2D eigenvalue weighted by atomic mass is 9.98. The van der Waals surface area contributed by atoms with Crippen LogP contribution in [0.3, 0.4) is 0 Å². The zero-order valence-corrected chi connectivity index (χ0v) is 16.9. The minimum Gasteiger partial charge on any atom is -0.497 e. The number of carbonyl (C=O) groups excluding carboxylic acids is 1. The van der Waals surface area contributed by atoms with E-state index in [1.165, 1.54) is 0 Å². The molecule has 0 spiro atoms. The second-order valence-electron chi connectivity index (χ2n) is 6.84. The van der Waals surface area contributed by atoms with E-state index in [1.54, 1.807) is 37.3 Å². The highest BCUT2D eigenvalue weighted by molar-refractivity contribution is 6.31. The molecule has 0 fully saturated rings. The van der Waals surface area contributed by atoms with Gasteiger partial charge in [-0.15, -0.1) is 0 Å². The number of fused-ring (bicyclic) bond motifs is 2. The lowest BCUT2D eigenvalue weighted by Crippen LogP contribution is -2.31. The molecule has 6 nitrogen and oxygen atoms in total. The minimum absolute atomic E-state index is 0.0862. The molecule has 0 N–H and O–H groups in total. The van der Waals surface area contributed by atoms with Crippen molar-refractivity contribution in [2.75, 3.05) is 27.4 Å². The number of rotatable bonds is 6. The highest BCUT2D eigenvalue weighted by Gasteiger charge is 2.42. The molecule has 4 rings (SSSR count). The van der Waals surface area contributed by atoms with Gasteiger partial charge in [0.15, 0.2) is 5.43 Å². The third-order valence-corrected chi connectivity index (χ3v) is 5.34. The third kappa shape index (κ3) is 3.39. The predicted octanol–water partition coefficient (Wildman–Crippen LogP) is 4.04. The van der Waals surface area contributed by atoms with Crippen LogP contribution in [0.4, 0.5) is 0 Å². The number of carbonyl (C=O) groups is 1. The number of nitrogens with zero attached hydrogens (tertiary/aromatic N) is 1. The Balaban J connectivity index is 1.90. The molecule has 1 atom stereocenters. The third-order valence-electron chi connectivity index (χ3n) is 5.11. The summed E-state index contributed by atoms with van der Waals surface area (Å²) in [5, 5.41) is 0.799. The molecule has 1 aromatic heterocycles. The van der Waals surface area contributed by atoms with Crippen molar-refractivity contribution in [1.82, 2.24) is 4.90 Å². The minimum atomic E-state index is -0.542. The molecule has 0 saturated carbocycles. The van der Waals surface area contributed by atoms with E-state index in [0.717, 1.165) is 5.56 Å². The SMILES string of the molecule is COCCCN1C(=O)c2oc3ccc(Cl)cc3c(=O)c2C1c1ccc(OC)cc1. The van der Waals surface area contributed by atoms with Crippen molar-refractivity contribution in [3.8, 4) is 5.75 Å². The Bertz CT molecular complexity index is 1120. The number of hydrogen-bond donors (Lipinski definition) is 0. The first-order chi connectivity index (χ1) is 14.0. The summed E-state index contributed by atoms with van der Waals surface area (Å²) in [7, 11) is 3.20. The lowest BCUT2D eigenvalue weighted by molar-refractivity contribution is 0.0708. The Morgan fingerprint density at radius 1 is 1.10 bits per heavy atom. The Morgan fingerprint density at radius 2 is 1.86 bits per heavy atom. The first kappa shape index (κ1) is 19.5. The van der Waals surface area contributed by atoms with Crippen LogP contribution in [0, 0.1) is 0 Å². The van der Waals surface area contributed by atoms with Crippen LogP contribution in [-0.4, -0.2) is 38.2 Å². The maximum atomic E-state index is 13.4. The molecule has 150 valence electrons. The van der Waals surface area contributed by atoms with Crippen LogP contribution in [0.15, 0.2) is 51.7 Å². The molecule has 0 radical (unpaired) electrons. The zero-order chi connectivity index (χ0) is 20.5. The summed E-state index contributed by atoms with van der Waals surface area (Å²) in [6, 6.07) is 11.6. The normalized spacial score (nSPS) is 15.8. The molecule has 0 bridgehead atoms. The number of ether oxygens (including phenoxy) is 2. The Kier molecular flexibility index (Phi) is 5.30. The summed E-state index contributed by atoms with van der Waals surface area (Å²) < 4.78 is 16.2. The van der Waals surface area contributed by atoms with Gasteiger partial charge in [-0.1, -0.05) is 23.7 Å². The number of halogens is 1. The van der Waals surface area contributed by atoms with Crippen molar-refractivity contribution < 1.29 is 18.7 Å². The topological polar surface area (TPSA) is 69.0 Å². The first-order valence-corrected chi connectivity index (χ1v) is 9.63. The second kappa shape index (κ2) is 7.89. The van der Waals surface area contributed by atoms with Gasteiger partial charge in [0.1, 0.15) is 11.3 Å². The molecule has 2 aromatic carbocycles. The summed E-state index contributed by atoms with van der Waals surface area (Å²) >= 11 is 6.08. The largest absolute Gasteiger partial charge is 0.497 e. The quantitative estimate of drug-likeness (QED) is 0.570. The molecular formula is C22H20ClNO5.